The lowest BCUT2D eigenvalue weighted by atomic mass is 10.00. The maximum atomic E-state index is 11.1. The Bertz CT molecular complexity index is 930. The molecule has 1 saturated heterocycles. The summed E-state index contributed by atoms with van der Waals surface area (Å²) in [6.45, 7) is 7.04. The van der Waals surface area contributed by atoms with Crippen molar-refractivity contribution in [1.29, 1.82) is 0 Å². The van der Waals surface area contributed by atoms with Crippen molar-refractivity contribution in [2.24, 2.45) is 7.05 Å². The number of aryl methyl sites for hydroxylation is 2. The zero-order chi connectivity index (χ0) is 17.8. The summed E-state index contributed by atoms with van der Waals surface area (Å²) in [5, 5.41) is 24.6. The number of aliphatic hydroxyl groups is 1. The van der Waals surface area contributed by atoms with E-state index < -0.39 is 5.60 Å². The van der Waals surface area contributed by atoms with Gasteiger partial charge in [0.15, 0.2) is 5.65 Å². The molecule has 0 amide bonds. The zero-order valence-corrected chi connectivity index (χ0v) is 14.9. The molecule has 1 N–H and O–H groups in total. The summed E-state index contributed by atoms with van der Waals surface area (Å²) in [4.78, 5) is 11.1. The third-order valence-electron chi connectivity index (χ3n) is 4.75. The number of hydrogen-bond acceptors (Lipinski definition) is 7. The molecule has 3 aromatic heterocycles. The SMILES string of the molecule is Cc1nc(N2CC[C@](O)(c3cn(C(C)C)nn3)C2)c2cnn(C)c2n1. The standard InChI is InChI=1S/C16H22N8O/c1-10(2)24-8-13(20-21-24)16(25)5-6-23(9-16)15-12-7-17-22(4)14(12)18-11(3)19-15/h7-8,10,25H,5-6,9H2,1-4H3/t16-/m1/s1. The number of aromatic nitrogens is 7. The Morgan fingerprint density at radius 2 is 2.08 bits per heavy atom. The van der Waals surface area contributed by atoms with Gasteiger partial charge >= 0.3 is 0 Å². The minimum absolute atomic E-state index is 0.210. The molecule has 0 aliphatic carbocycles. The molecular formula is C16H22N8O. The Morgan fingerprint density at radius 1 is 1.28 bits per heavy atom. The van der Waals surface area contributed by atoms with Crippen LogP contribution >= 0.6 is 0 Å². The summed E-state index contributed by atoms with van der Waals surface area (Å²) < 4.78 is 3.51. The second-order valence-corrected chi connectivity index (χ2v) is 6.98. The molecule has 0 spiro atoms. The van der Waals surface area contributed by atoms with Gasteiger partial charge in [-0.2, -0.15) is 5.10 Å². The topological polar surface area (TPSA) is 97.8 Å². The van der Waals surface area contributed by atoms with Crippen LogP contribution < -0.4 is 4.90 Å². The van der Waals surface area contributed by atoms with Crippen LogP contribution in [0, 0.1) is 6.92 Å². The number of rotatable bonds is 3. The minimum atomic E-state index is -1.03. The van der Waals surface area contributed by atoms with Crippen LogP contribution in [-0.4, -0.2) is 52.9 Å². The van der Waals surface area contributed by atoms with Crippen molar-refractivity contribution in [3.63, 3.8) is 0 Å². The van der Waals surface area contributed by atoms with E-state index in [9.17, 15) is 5.11 Å². The lowest BCUT2D eigenvalue weighted by molar-refractivity contribution is 0.0559. The molecule has 1 aliphatic rings. The van der Waals surface area contributed by atoms with Crippen LogP contribution in [0.25, 0.3) is 11.0 Å². The number of hydrogen-bond donors (Lipinski definition) is 1. The van der Waals surface area contributed by atoms with Crippen LogP contribution in [0.5, 0.6) is 0 Å². The number of β-amino-alcohol motifs (C(OH)–C–C–N with tert-alkyl or cyclic N) is 1. The first-order chi connectivity index (χ1) is 11.9. The third kappa shape index (κ3) is 2.55. The molecule has 132 valence electrons. The maximum absolute atomic E-state index is 11.1. The molecular weight excluding hydrogens is 320 g/mol. The normalized spacial score (nSPS) is 21.0. The van der Waals surface area contributed by atoms with Crippen molar-refractivity contribution in [3.05, 3.63) is 23.9 Å². The second-order valence-electron chi connectivity index (χ2n) is 6.98. The van der Waals surface area contributed by atoms with Crippen LogP contribution in [0.4, 0.5) is 5.82 Å². The van der Waals surface area contributed by atoms with E-state index in [0.717, 1.165) is 16.9 Å². The van der Waals surface area contributed by atoms with Gasteiger partial charge < -0.3 is 10.0 Å². The van der Waals surface area contributed by atoms with Gasteiger partial charge in [0.05, 0.1) is 24.3 Å². The summed E-state index contributed by atoms with van der Waals surface area (Å²) in [5.41, 5.74) is 0.376. The van der Waals surface area contributed by atoms with Crippen molar-refractivity contribution >= 4 is 16.9 Å². The summed E-state index contributed by atoms with van der Waals surface area (Å²) in [7, 11) is 1.86. The van der Waals surface area contributed by atoms with E-state index in [1.54, 1.807) is 15.6 Å². The fourth-order valence-corrected chi connectivity index (χ4v) is 3.28. The first-order valence-corrected chi connectivity index (χ1v) is 8.43. The molecule has 1 fully saturated rings. The van der Waals surface area contributed by atoms with Crippen molar-refractivity contribution in [1.82, 2.24) is 34.7 Å². The fraction of sp³-hybridized carbons (Fsp3) is 0.562. The van der Waals surface area contributed by atoms with E-state index in [-0.39, 0.29) is 6.04 Å². The first-order valence-electron chi connectivity index (χ1n) is 8.43. The summed E-state index contributed by atoms with van der Waals surface area (Å²) >= 11 is 0. The zero-order valence-electron chi connectivity index (χ0n) is 14.9. The quantitative estimate of drug-likeness (QED) is 0.756. The van der Waals surface area contributed by atoms with E-state index in [1.807, 2.05) is 34.0 Å². The van der Waals surface area contributed by atoms with Gasteiger partial charge in [-0.3, -0.25) is 4.68 Å². The Kier molecular flexibility index (Phi) is 3.50. The fourth-order valence-electron chi connectivity index (χ4n) is 3.28. The lowest BCUT2D eigenvalue weighted by Gasteiger charge is -2.22. The van der Waals surface area contributed by atoms with E-state index in [4.69, 9.17) is 0 Å². The molecule has 1 aliphatic heterocycles. The molecule has 4 rings (SSSR count). The van der Waals surface area contributed by atoms with Gasteiger partial charge in [-0.1, -0.05) is 5.21 Å². The largest absolute Gasteiger partial charge is 0.381 e. The highest BCUT2D eigenvalue weighted by Gasteiger charge is 2.41. The van der Waals surface area contributed by atoms with Crippen LogP contribution in [0.2, 0.25) is 0 Å². The molecule has 1 atom stereocenters. The van der Waals surface area contributed by atoms with E-state index in [2.05, 4.69) is 30.3 Å². The predicted octanol–water partition coefficient (Wildman–Crippen LogP) is 0.942. The Morgan fingerprint density at radius 3 is 2.80 bits per heavy atom. The van der Waals surface area contributed by atoms with Gasteiger partial charge in [0.1, 0.15) is 22.9 Å². The highest BCUT2D eigenvalue weighted by Crippen LogP contribution is 2.35. The van der Waals surface area contributed by atoms with E-state index in [0.29, 0.717) is 31.0 Å². The Balaban J connectivity index is 1.68. The van der Waals surface area contributed by atoms with Crippen LogP contribution in [0.3, 0.4) is 0 Å². The number of fused-ring (bicyclic) bond motifs is 1. The Labute approximate surface area is 145 Å². The molecule has 0 saturated carbocycles. The molecule has 0 aromatic carbocycles. The molecule has 9 heteroatoms. The second kappa shape index (κ2) is 5.48. The maximum Gasteiger partial charge on any atom is 0.163 e. The van der Waals surface area contributed by atoms with Crippen molar-refractivity contribution in [2.45, 2.75) is 38.8 Å². The minimum Gasteiger partial charge on any atom is -0.381 e. The predicted molar refractivity (Wildman–Crippen MR) is 92.2 cm³/mol. The number of nitrogens with zero attached hydrogens (tertiary/aromatic N) is 8. The number of anilines is 1. The Hall–Kier alpha value is -2.55. The van der Waals surface area contributed by atoms with Gasteiger partial charge in [0.2, 0.25) is 0 Å². The molecule has 0 bridgehead atoms. The van der Waals surface area contributed by atoms with E-state index in [1.165, 1.54) is 0 Å². The van der Waals surface area contributed by atoms with Gasteiger partial charge in [0, 0.05) is 26.1 Å². The monoisotopic (exact) mass is 342 g/mol. The molecule has 0 unspecified atom stereocenters. The first kappa shape index (κ1) is 15.9. The lowest BCUT2D eigenvalue weighted by Crippen LogP contribution is -2.31. The van der Waals surface area contributed by atoms with Crippen molar-refractivity contribution in [2.75, 3.05) is 18.0 Å². The van der Waals surface area contributed by atoms with Gasteiger partial charge in [-0.05, 0) is 20.8 Å². The smallest absolute Gasteiger partial charge is 0.163 e. The molecule has 4 heterocycles. The van der Waals surface area contributed by atoms with Gasteiger partial charge in [-0.25, -0.2) is 14.6 Å². The van der Waals surface area contributed by atoms with E-state index >= 15 is 0 Å². The average molecular weight is 342 g/mol. The van der Waals surface area contributed by atoms with Crippen LogP contribution in [0.15, 0.2) is 12.4 Å². The summed E-state index contributed by atoms with van der Waals surface area (Å²) in [6, 6.07) is 0.210. The van der Waals surface area contributed by atoms with Crippen molar-refractivity contribution < 1.29 is 5.11 Å². The van der Waals surface area contributed by atoms with Crippen LogP contribution in [-0.2, 0) is 12.6 Å². The molecule has 25 heavy (non-hydrogen) atoms. The molecule has 9 nitrogen and oxygen atoms in total. The molecule has 0 radical (unpaired) electrons. The highest BCUT2D eigenvalue weighted by atomic mass is 16.3. The van der Waals surface area contributed by atoms with Crippen LogP contribution in [0.1, 0.15) is 37.8 Å². The van der Waals surface area contributed by atoms with Crippen molar-refractivity contribution in [3.8, 4) is 0 Å². The van der Waals surface area contributed by atoms with Gasteiger partial charge in [-0.15, -0.1) is 5.10 Å². The summed E-state index contributed by atoms with van der Waals surface area (Å²) in [6.07, 6.45) is 4.18. The summed E-state index contributed by atoms with van der Waals surface area (Å²) in [5.74, 6) is 1.50. The third-order valence-corrected chi connectivity index (χ3v) is 4.75. The molecule has 3 aromatic rings. The highest BCUT2D eigenvalue weighted by molar-refractivity contribution is 5.87. The average Bonchev–Trinajstić information content (AvgIpc) is 3.27. The van der Waals surface area contributed by atoms with Gasteiger partial charge in [0.25, 0.3) is 0 Å².